The molecule has 0 radical (unpaired) electrons. The van der Waals surface area contributed by atoms with E-state index < -0.39 is 5.91 Å². The number of nitrogens with two attached hydrogens (primary N) is 1. The van der Waals surface area contributed by atoms with Crippen LogP contribution < -0.4 is 21.1 Å². The summed E-state index contributed by atoms with van der Waals surface area (Å²) >= 11 is 0.983. The molecule has 0 unspecified atom stereocenters. The van der Waals surface area contributed by atoms with E-state index in [9.17, 15) is 9.59 Å². The number of rotatable bonds is 10. The van der Waals surface area contributed by atoms with E-state index in [-0.39, 0.29) is 17.5 Å². The molecule has 1 aromatic rings. The van der Waals surface area contributed by atoms with Crippen LogP contribution in [0.5, 0.6) is 5.88 Å². The highest BCUT2D eigenvalue weighted by molar-refractivity contribution is 7.11. The number of primary amides is 1. The fraction of sp³-hybridized carbons (Fsp3) is 0.643. The number of nitrogens with zero attached hydrogens (tertiary/aromatic N) is 1. The average Bonchev–Trinajstić information content (AvgIpc) is 2.87. The normalized spacial score (nSPS) is 10.3. The molecule has 22 heavy (non-hydrogen) atoms. The van der Waals surface area contributed by atoms with E-state index in [2.05, 4.69) is 21.9 Å². The van der Waals surface area contributed by atoms with E-state index in [0.29, 0.717) is 18.2 Å². The number of unbranched alkanes of at least 4 members (excludes halogenated alkanes) is 3. The number of aromatic nitrogens is 1. The summed E-state index contributed by atoms with van der Waals surface area (Å²) in [6, 6.07) is -0.371. The molecule has 0 fully saturated rings. The molecule has 0 bridgehead atoms. The van der Waals surface area contributed by atoms with Crippen molar-refractivity contribution in [2.75, 3.05) is 18.5 Å². The van der Waals surface area contributed by atoms with E-state index in [1.807, 2.05) is 6.92 Å². The number of carbonyl (C=O) groups excluding carboxylic acids is 2. The van der Waals surface area contributed by atoms with Gasteiger partial charge in [0.1, 0.15) is 10.6 Å². The highest BCUT2D eigenvalue weighted by Gasteiger charge is 2.21. The first-order chi connectivity index (χ1) is 10.6. The van der Waals surface area contributed by atoms with Gasteiger partial charge in [0.15, 0.2) is 0 Å². The van der Waals surface area contributed by atoms with Gasteiger partial charge in [-0.25, -0.2) is 4.79 Å². The second kappa shape index (κ2) is 9.99. The Labute approximate surface area is 134 Å². The minimum atomic E-state index is -0.668. The van der Waals surface area contributed by atoms with Crippen molar-refractivity contribution in [1.29, 1.82) is 0 Å². The van der Waals surface area contributed by atoms with Crippen LogP contribution in [0.2, 0.25) is 0 Å². The van der Waals surface area contributed by atoms with Crippen molar-refractivity contribution in [3.63, 3.8) is 0 Å². The van der Waals surface area contributed by atoms with Crippen LogP contribution in [0.25, 0.3) is 0 Å². The van der Waals surface area contributed by atoms with Crippen LogP contribution in [0.1, 0.15) is 56.3 Å². The Morgan fingerprint density at radius 2 is 2.00 bits per heavy atom. The molecule has 0 aliphatic rings. The molecule has 4 N–H and O–H groups in total. The van der Waals surface area contributed by atoms with Crippen LogP contribution in [0.15, 0.2) is 0 Å². The summed E-state index contributed by atoms with van der Waals surface area (Å²) in [6.07, 6.45) is 5.10. The Morgan fingerprint density at radius 1 is 1.23 bits per heavy atom. The summed E-state index contributed by atoms with van der Waals surface area (Å²) < 4.78 is 9.39. The van der Waals surface area contributed by atoms with Crippen LogP contribution in [0, 0.1) is 0 Å². The quantitative estimate of drug-likeness (QED) is 0.574. The van der Waals surface area contributed by atoms with Gasteiger partial charge < -0.3 is 15.8 Å². The number of nitrogens with one attached hydrogen (secondary N) is 2. The van der Waals surface area contributed by atoms with E-state index in [0.717, 1.165) is 43.6 Å². The zero-order valence-electron chi connectivity index (χ0n) is 13.1. The number of urea groups is 1. The lowest BCUT2D eigenvalue weighted by Gasteiger charge is -2.07. The van der Waals surface area contributed by atoms with Gasteiger partial charge in [-0.3, -0.25) is 10.1 Å². The van der Waals surface area contributed by atoms with Crippen molar-refractivity contribution in [2.24, 2.45) is 5.73 Å². The summed E-state index contributed by atoms with van der Waals surface area (Å²) in [7, 11) is 0. The maximum absolute atomic E-state index is 11.8. The molecule has 124 valence electrons. The monoisotopic (exact) mass is 328 g/mol. The van der Waals surface area contributed by atoms with Crippen LogP contribution in [0.4, 0.5) is 9.80 Å². The summed E-state index contributed by atoms with van der Waals surface area (Å²) in [6.45, 7) is 5.11. The molecule has 3 amide bonds. The molecule has 0 atom stereocenters. The molecule has 0 aliphatic heterocycles. The number of anilines is 1. The van der Waals surface area contributed by atoms with Gasteiger partial charge in [-0.05, 0) is 24.4 Å². The molecule has 0 aliphatic carbocycles. The van der Waals surface area contributed by atoms with Gasteiger partial charge in [-0.2, -0.15) is 4.37 Å². The molecule has 0 spiro atoms. The number of hydrogen-bond acceptors (Lipinski definition) is 5. The Morgan fingerprint density at radius 3 is 2.64 bits per heavy atom. The minimum absolute atomic E-state index is 0.125. The minimum Gasteiger partial charge on any atom is -0.476 e. The van der Waals surface area contributed by atoms with Crippen LogP contribution in [-0.4, -0.2) is 29.5 Å². The van der Waals surface area contributed by atoms with Gasteiger partial charge in [0.05, 0.1) is 6.61 Å². The molecule has 0 saturated heterocycles. The average molecular weight is 328 g/mol. The lowest BCUT2D eigenvalue weighted by atomic mass is 10.2. The van der Waals surface area contributed by atoms with Gasteiger partial charge in [0.25, 0.3) is 5.91 Å². The van der Waals surface area contributed by atoms with E-state index >= 15 is 0 Å². The largest absolute Gasteiger partial charge is 0.476 e. The maximum Gasteiger partial charge on any atom is 0.319 e. The molecule has 1 aromatic heterocycles. The molecule has 0 aromatic carbocycles. The first kappa shape index (κ1) is 18.2. The van der Waals surface area contributed by atoms with Gasteiger partial charge in [-0.1, -0.05) is 33.1 Å². The van der Waals surface area contributed by atoms with Gasteiger partial charge >= 0.3 is 6.03 Å². The van der Waals surface area contributed by atoms with Crippen LogP contribution >= 0.6 is 11.5 Å². The SMILES string of the molecule is CCCCCCNC(=O)Nc1snc(OCCC)c1C(N)=O. The predicted molar refractivity (Wildman–Crippen MR) is 87.6 cm³/mol. The summed E-state index contributed by atoms with van der Waals surface area (Å²) in [5.74, 6) is -0.490. The third kappa shape index (κ3) is 5.88. The fourth-order valence-corrected chi connectivity index (χ4v) is 2.51. The van der Waals surface area contributed by atoms with Crippen molar-refractivity contribution >= 4 is 28.5 Å². The summed E-state index contributed by atoms with van der Waals surface area (Å²) in [5.41, 5.74) is 5.46. The number of ether oxygens (including phenoxy) is 1. The standard InChI is InChI=1S/C14H24N4O3S/c1-3-5-6-7-8-16-14(20)17-13-10(11(15)19)12(18-22-13)21-9-4-2/h3-9H2,1-2H3,(H2,15,19)(H2,16,17,20). The molecule has 8 heteroatoms. The zero-order valence-corrected chi connectivity index (χ0v) is 13.9. The molecule has 1 rings (SSSR count). The van der Waals surface area contributed by atoms with Crippen molar-refractivity contribution < 1.29 is 14.3 Å². The third-order valence-electron chi connectivity index (χ3n) is 2.89. The van der Waals surface area contributed by atoms with Crippen LogP contribution in [0.3, 0.4) is 0 Å². The predicted octanol–water partition coefficient (Wildman–Crippen LogP) is 2.73. The van der Waals surface area contributed by atoms with Crippen molar-refractivity contribution in [1.82, 2.24) is 9.69 Å². The van der Waals surface area contributed by atoms with Gasteiger partial charge in [0, 0.05) is 6.54 Å². The fourth-order valence-electron chi connectivity index (χ4n) is 1.78. The first-order valence-electron chi connectivity index (χ1n) is 7.57. The molecule has 0 saturated carbocycles. The Balaban J connectivity index is 2.55. The zero-order chi connectivity index (χ0) is 16.4. The maximum atomic E-state index is 11.8. The second-order valence-corrected chi connectivity index (χ2v) is 5.62. The molecular weight excluding hydrogens is 304 g/mol. The lowest BCUT2D eigenvalue weighted by molar-refractivity contribution is 0.0997. The van der Waals surface area contributed by atoms with Crippen molar-refractivity contribution in [3.8, 4) is 5.88 Å². The smallest absolute Gasteiger partial charge is 0.319 e. The van der Waals surface area contributed by atoms with E-state index in [1.54, 1.807) is 0 Å². The Hall–Kier alpha value is -1.83. The topological polar surface area (TPSA) is 106 Å². The van der Waals surface area contributed by atoms with E-state index in [1.165, 1.54) is 0 Å². The molecular formula is C14H24N4O3S. The Kier molecular flexibility index (Phi) is 8.27. The van der Waals surface area contributed by atoms with Crippen molar-refractivity contribution in [3.05, 3.63) is 5.56 Å². The summed E-state index contributed by atoms with van der Waals surface area (Å²) in [4.78, 5) is 23.3. The lowest BCUT2D eigenvalue weighted by Crippen LogP contribution is -2.30. The van der Waals surface area contributed by atoms with Crippen molar-refractivity contribution in [2.45, 2.75) is 46.0 Å². The number of hydrogen-bond donors (Lipinski definition) is 3. The highest BCUT2D eigenvalue weighted by atomic mass is 32.1. The van der Waals surface area contributed by atoms with Crippen LogP contribution in [-0.2, 0) is 0 Å². The van der Waals surface area contributed by atoms with Gasteiger partial charge in [-0.15, -0.1) is 0 Å². The number of carbonyl (C=O) groups is 2. The van der Waals surface area contributed by atoms with Gasteiger partial charge in [0.2, 0.25) is 5.88 Å². The molecule has 1 heterocycles. The third-order valence-corrected chi connectivity index (χ3v) is 3.64. The first-order valence-corrected chi connectivity index (χ1v) is 8.34. The second-order valence-electron chi connectivity index (χ2n) is 4.85. The van der Waals surface area contributed by atoms with E-state index in [4.69, 9.17) is 10.5 Å². The molecule has 7 nitrogen and oxygen atoms in total. The summed E-state index contributed by atoms with van der Waals surface area (Å²) in [5, 5.41) is 5.66. The number of amides is 3. The highest BCUT2D eigenvalue weighted by Crippen LogP contribution is 2.30. The Bertz CT molecular complexity index is 490.